The summed E-state index contributed by atoms with van der Waals surface area (Å²) in [4.78, 5) is 26.4. The van der Waals surface area contributed by atoms with Crippen LogP contribution in [0.15, 0.2) is 47.1 Å². The molecule has 0 aromatic heterocycles. The second kappa shape index (κ2) is 8.69. The number of halogens is 2. The van der Waals surface area contributed by atoms with Gasteiger partial charge in [0.05, 0.1) is 31.9 Å². The summed E-state index contributed by atoms with van der Waals surface area (Å²) in [6.07, 6.45) is 4.82. The maximum absolute atomic E-state index is 13.0. The second-order valence-corrected chi connectivity index (χ2v) is 8.33. The third-order valence-electron chi connectivity index (χ3n) is 5.41. The zero-order valence-corrected chi connectivity index (χ0v) is 18.4. The molecular formula is C22H20Cl2N4O3. The third-order valence-corrected chi connectivity index (χ3v) is 6.15. The molecule has 1 saturated heterocycles. The molecule has 1 fully saturated rings. The predicted octanol–water partition coefficient (Wildman–Crippen LogP) is 5.70. The van der Waals surface area contributed by atoms with E-state index in [1.807, 2.05) is 0 Å². The molecule has 0 atom stereocenters. The van der Waals surface area contributed by atoms with Gasteiger partial charge in [-0.1, -0.05) is 29.3 Å². The smallest absolute Gasteiger partial charge is 0.293 e. The van der Waals surface area contributed by atoms with Crippen LogP contribution >= 0.6 is 23.2 Å². The summed E-state index contributed by atoms with van der Waals surface area (Å²) >= 11 is 12.0. The molecule has 9 heteroatoms. The van der Waals surface area contributed by atoms with Crippen molar-refractivity contribution in [3.05, 3.63) is 67.7 Å². The molecule has 0 saturated carbocycles. The average molecular weight is 459 g/mol. The van der Waals surface area contributed by atoms with Gasteiger partial charge in [0, 0.05) is 19.2 Å². The van der Waals surface area contributed by atoms with Crippen molar-refractivity contribution in [1.82, 2.24) is 0 Å². The summed E-state index contributed by atoms with van der Waals surface area (Å²) in [6, 6.07) is 9.90. The largest absolute Gasteiger partial charge is 0.366 e. The first kappa shape index (κ1) is 21.3. The minimum absolute atomic E-state index is 0.0395. The molecule has 2 aliphatic heterocycles. The number of hydrogen-bond acceptors (Lipinski definition) is 5. The minimum Gasteiger partial charge on any atom is -0.366 e. The van der Waals surface area contributed by atoms with Gasteiger partial charge in [-0.25, -0.2) is 0 Å². The van der Waals surface area contributed by atoms with Crippen molar-refractivity contribution in [2.75, 3.05) is 23.0 Å². The van der Waals surface area contributed by atoms with Crippen LogP contribution in [0.3, 0.4) is 0 Å². The van der Waals surface area contributed by atoms with Gasteiger partial charge in [0.2, 0.25) is 0 Å². The molecule has 0 unspecified atom stereocenters. The number of anilines is 2. The number of piperidine rings is 1. The first-order chi connectivity index (χ1) is 14.8. The number of carbonyl (C=O) groups is 1. The molecule has 0 radical (unpaired) electrons. The number of nitrogens with zero attached hydrogens (tertiary/aromatic N) is 4. The molecule has 2 heterocycles. The quantitative estimate of drug-likeness (QED) is 0.334. The Kier molecular flexibility index (Phi) is 5.98. The van der Waals surface area contributed by atoms with Gasteiger partial charge in [-0.2, -0.15) is 10.1 Å². The number of nitro groups is 1. The van der Waals surface area contributed by atoms with Gasteiger partial charge < -0.3 is 4.90 Å². The highest BCUT2D eigenvalue weighted by Crippen LogP contribution is 2.34. The van der Waals surface area contributed by atoms with E-state index in [4.69, 9.17) is 23.2 Å². The lowest BCUT2D eigenvalue weighted by Gasteiger charge is -2.28. The lowest BCUT2D eigenvalue weighted by molar-refractivity contribution is -0.384. The van der Waals surface area contributed by atoms with Crippen LogP contribution in [0.5, 0.6) is 0 Å². The minimum atomic E-state index is -0.370. The first-order valence-electron chi connectivity index (χ1n) is 9.95. The molecule has 1 amide bonds. The van der Waals surface area contributed by atoms with Crippen LogP contribution in [0.2, 0.25) is 10.0 Å². The van der Waals surface area contributed by atoms with Crippen LogP contribution in [-0.4, -0.2) is 29.6 Å². The van der Waals surface area contributed by atoms with E-state index in [1.165, 1.54) is 11.1 Å². The number of hydrazone groups is 1. The fourth-order valence-corrected chi connectivity index (χ4v) is 4.11. The Bertz CT molecular complexity index is 1120. The molecule has 2 aromatic carbocycles. The zero-order chi connectivity index (χ0) is 22.1. The van der Waals surface area contributed by atoms with E-state index in [0.29, 0.717) is 38.3 Å². The number of amides is 1. The van der Waals surface area contributed by atoms with Crippen molar-refractivity contribution in [3.63, 3.8) is 0 Å². The number of rotatable bonds is 4. The van der Waals surface area contributed by atoms with E-state index in [1.54, 1.807) is 43.3 Å². The second-order valence-electron chi connectivity index (χ2n) is 7.51. The fraction of sp³-hybridized carbons (Fsp3) is 0.273. The molecule has 31 heavy (non-hydrogen) atoms. The van der Waals surface area contributed by atoms with Crippen LogP contribution in [0.25, 0.3) is 6.08 Å². The van der Waals surface area contributed by atoms with Gasteiger partial charge in [-0.3, -0.25) is 14.9 Å². The van der Waals surface area contributed by atoms with Gasteiger partial charge in [0.25, 0.3) is 11.6 Å². The van der Waals surface area contributed by atoms with Crippen molar-refractivity contribution in [2.45, 2.75) is 26.2 Å². The third kappa shape index (κ3) is 4.29. The predicted molar refractivity (Wildman–Crippen MR) is 124 cm³/mol. The van der Waals surface area contributed by atoms with Gasteiger partial charge in [-0.05, 0) is 62.1 Å². The van der Waals surface area contributed by atoms with Crippen LogP contribution in [0, 0.1) is 10.1 Å². The van der Waals surface area contributed by atoms with Gasteiger partial charge >= 0.3 is 0 Å². The van der Waals surface area contributed by atoms with Gasteiger partial charge in [0.1, 0.15) is 5.69 Å². The summed E-state index contributed by atoms with van der Waals surface area (Å²) in [5.74, 6) is -0.335. The van der Waals surface area contributed by atoms with Crippen LogP contribution < -0.4 is 9.91 Å². The summed E-state index contributed by atoms with van der Waals surface area (Å²) in [7, 11) is 0. The highest BCUT2D eigenvalue weighted by molar-refractivity contribution is 6.42. The highest BCUT2D eigenvalue weighted by Gasteiger charge is 2.29. The molecule has 4 rings (SSSR count). The maximum Gasteiger partial charge on any atom is 0.293 e. The summed E-state index contributed by atoms with van der Waals surface area (Å²) in [5, 5.41) is 18.0. The Labute approximate surface area is 189 Å². The average Bonchev–Trinajstić information content (AvgIpc) is 3.04. The monoisotopic (exact) mass is 458 g/mol. The van der Waals surface area contributed by atoms with Crippen molar-refractivity contribution in [2.24, 2.45) is 5.10 Å². The number of benzene rings is 2. The molecule has 160 valence electrons. The van der Waals surface area contributed by atoms with Crippen LogP contribution in [0.4, 0.5) is 17.1 Å². The Morgan fingerprint density at radius 3 is 2.48 bits per heavy atom. The van der Waals surface area contributed by atoms with E-state index in [9.17, 15) is 14.9 Å². The first-order valence-corrected chi connectivity index (χ1v) is 10.7. The van der Waals surface area contributed by atoms with Crippen molar-refractivity contribution < 1.29 is 9.72 Å². The molecule has 0 aliphatic carbocycles. The topological polar surface area (TPSA) is 79.0 Å². The van der Waals surface area contributed by atoms with E-state index < -0.39 is 0 Å². The zero-order valence-electron chi connectivity index (χ0n) is 16.8. The number of carbonyl (C=O) groups excluding carboxylic acids is 1. The fourth-order valence-electron chi connectivity index (χ4n) is 3.82. The van der Waals surface area contributed by atoms with Crippen LogP contribution in [-0.2, 0) is 4.79 Å². The van der Waals surface area contributed by atoms with E-state index in [-0.39, 0.29) is 16.5 Å². The van der Waals surface area contributed by atoms with Gasteiger partial charge in [0.15, 0.2) is 0 Å². The van der Waals surface area contributed by atoms with Gasteiger partial charge in [-0.15, -0.1) is 0 Å². The van der Waals surface area contributed by atoms with Crippen molar-refractivity contribution in [1.29, 1.82) is 0 Å². The molecule has 2 aliphatic rings. The molecule has 0 N–H and O–H groups in total. The number of hydrogen-bond donors (Lipinski definition) is 0. The maximum atomic E-state index is 13.0. The Morgan fingerprint density at radius 2 is 1.81 bits per heavy atom. The lowest BCUT2D eigenvalue weighted by atomic mass is 10.0. The van der Waals surface area contributed by atoms with Crippen LogP contribution in [0.1, 0.15) is 31.7 Å². The van der Waals surface area contributed by atoms with Crippen molar-refractivity contribution in [3.8, 4) is 0 Å². The Hall–Kier alpha value is -2.90. The standard InChI is InChI=1S/C22H20Cl2N4O3/c1-14-17(22(29)27(25-14)16-6-7-18(23)19(24)13-16)11-15-5-8-20(21(12-15)28(30)31)26-9-3-2-4-10-26/h5-8,11-13H,2-4,9-10H2,1H3. The molecule has 0 bridgehead atoms. The SMILES string of the molecule is CC1=NN(c2ccc(Cl)c(Cl)c2)C(=O)C1=Cc1ccc(N2CCCCC2)c([N+](=O)[O-])c1. The highest BCUT2D eigenvalue weighted by atomic mass is 35.5. The van der Waals surface area contributed by atoms with E-state index in [2.05, 4.69) is 10.0 Å². The van der Waals surface area contributed by atoms with E-state index >= 15 is 0 Å². The summed E-state index contributed by atoms with van der Waals surface area (Å²) in [6.45, 7) is 3.34. The van der Waals surface area contributed by atoms with E-state index in [0.717, 1.165) is 32.4 Å². The molecular weight excluding hydrogens is 439 g/mol. The molecule has 0 spiro atoms. The Balaban J connectivity index is 1.65. The summed E-state index contributed by atoms with van der Waals surface area (Å²) in [5.41, 5.74) is 2.60. The lowest BCUT2D eigenvalue weighted by Crippen LogP contribution is -2.29. The van der Waals surface area contributed by atoms with Crippen molar-refractivity contribution >= 4 is 58.0 Å². The summed E-state index contributed by atoms with van der Waals surface area (Å²) < 4.78 is 0. The Morgan fingerprint density at radius 1 is 1.06 bits per heavy atom. The molecule has 7 nitrogen and oxygen atoms in total. The number of nitro benzene ring substituents is 1. The molecule has 2 aromatic rings. The normalized spacial score (nSPS) is 18.0.